The van der Waals surface area contributed by atoms with Gasteiger partial charge in [-0.15, -0.1) is 0 Å². The van der Waals surface area contributed by atoms with E-state index in [-0.39, 0.29) is 18.1 Å². The molecule has 5 rings (SSSR count). The molecule has 0 spiro atoms. The van der Waals surface area contributed by atoms with Crippen molar-refractivity contribution < 1.29 is 23.7 Å². The lowest BCUT2D eigenvalue weighted by molar-refractivity contribution is -0.284. The van der Waals surface area contributed by atoms with Crippen LogP contribution >= 0.6 is 0 Å². The Morgan fingerprint density at radius 1 is 1.11 bits per heavy atom. The lowest BCUT2D eigenvalue weighted by Crippen LogP contribution is -2.47. The van der Waals surface area contributed by atoms with Crippen molar-refractivity contribution in [1.82, 2.24) is 19.4 Å². The third-order valence-corrected chi connectivity index (χ3v) is 7.13. The first-order chi connectivity index (χ1) is 18.2. The zero-order chi connectivity index (χ0) is 26.9. The van der Waals surface area contributed by atoms with Crippen molar-refractivity contribution in [1.29, 1.82) is 0 Å². The Morgan fingerprint density at radius 3 is 2.55 bits per heavy atom. The van der Waals surface area contributed by atoms with Crippen LogP contribution in [0.5, 0.6) is 0 Å². The van der Waals surface area contributed by atoms with E-state index in [1.54, 1.807) is 4.90 Å². The highest BCUT2D eigenvalue weighted by Crippen LogP contribution is 2.36. The van der Waals surface area contributed by atoms with Crippen LogP contribution < -0.4 is 5.73 Å². The molecule has 0 aliphatic carbocycles. The molecule has 204 valence electrons. The molecule has 0 bridgehead atoms. The topological polar surface area (TPSA) is 114 Å². The molecule has 2 aliphatic rings. The highest BCUT2D eigenvalue weighted by molar-refractivity contribution is 5.89. The second-order valence-electron chi connectivity index (χ2n) is 10.9. The van der Waals surface area contributed by atoms with E-state index in [0.717, 1.165) is 28.2 Å². The fourth-order valence-electron chi connectivity index (χ4n) is 4.98. The van der Waals surface area contributed by atoms with Crippen molar-refractivity contribution in [2.75, 3.05) is 32.1 Å². The normalized spacial score (nSPS) is 18.4. The number of nitrogens with zero attached hydrogens (tertiary/aromatic N) is 4. The standard InChI is InChI=1S/C28H37N5O5/c1-5-35-15-22-31-23-24(33(22)16-28(4)17-37-27(2,3)38-18-28)20-11-12-32(13-21(20)30-25(23)29)26(34)36-14-19-9-7-6-8-10-19/h6-10H,5,11-18H2,1-4H3,(H2,29,30). The number of nitrogens with two attached hydrogens (primary N) is 1. The third-order valence-electron chi connectivity index (χ3n) is 7.13. The van der Waals surface area contributed by atoms with Gasteiger partial charge in [-0.3, -0.25) is 0 Å². The van der Waals surface area contributed by atoms with E-state index in [1.165, 1.54) is 0 Å². The fourth-order valence-corrected chi connectivity index (χ4v) is 4.98. The minimum Gasteiger partial charge on any atom is -0.445 e. The molecule has 0 atom stereocenters. The summed E-state index contributed by atoms with van der Waals surface area (Å²) in [4.78, 5) is 24.1. The van der Waals surface area contributed by atoms with Crippen molar-refractivity contribution >= 4 is 22.9 Å². The Labute approximate surface area is 223 Å². The number of rotatable bonds is 7. The second kappa shape index (κ2) is 10.5. The van der Waals surface area contributed by atoms with Crippen LogP contribution in [0.2, 0.25) is 0 Å². The van der Waals surface area contributed by atoms with Crippen LogP contribution in [0.25, 0.3) is 11.0 Å². The monoisotopic (exact) mass is 523 g/mol. The first-order valence-corrected chi connectivity index (χ1v) is 13.2. The number of imidazole rings is 1. The van der Waals surface area contributed by atoms with Gasteiger partial charge >= 0.3 is 6.09 Å². The summed E-state index contributed by atoms with van der Waals surface area (Å²) in [6.07, 6.45) is 0.257. The van der Waals surface area contributed by atoms with E-state index in [4.69, 9.17) is 29.7 Å². The maximum Gasteiger partial charge on any atom is 0.410 e. The van der Waals surface area contributed by atoms with Gasteiger partial charge in [-0.05, 0) is 32.8 Å². The van der Waals surface area contributed by atoms with E-state index < -0.39 is 5.79 Å². The van der Waals surface area contributed by atoms with Crippen LogP contribution in [0, 0.1) is 5.41 Å². The third kappa shape index (κ3) is 5.48. The molecule has 38 heavy (non-hydrogen) atoms. The maximum atomic E-state index is 12.9. The summed E-state index contributed by atoms with van der Waals surface area (Å²) in [5, 5.41) is 0. The number of amides is 1. The minimum absolute atomic E-state index is 0.227. The summed E-state index contributed by atoms with van der Waals surface area (Å²) in [6.45, 7) is 11.7. The van der Waals surface area contributed by atoms with Gasteiger partial charge in [-0.25, -0.2) is 14.8 Å². The average Bonchev–Trinajstić information content (AvgIpc) is 3.27. The summed E-state index contributed by atoms with van der Waals surface area (Å²) < 4.78 is 25.5. The first kappa shape index (κ1) is 26.4. The number of fused-ring (bicyclic) bond motifs is 3. The number of ether oxygens (including phenoxy) is 4. The molecule has 2 aromatic heterocycles. The van der Waals surface area contributed by atoms with Crippen LogP contribution in [-0.2, 0) is 51.7 Å². The molecule has 2 N–H and O–H groups in total. The lowest BCUT2D eigenvalue weighted by Gasteiger charge is -2.42. The molecule has 10 heteroatoms. The van der Waals surface area contributed by atoms with Crippen LogP contribution in [0.1, 0.15) is 50.3 Å². The summed E-state index contributed by atoms with van der Waals surface area (Å²) in [5.41, 5.74) is 10.6. The Balaban J connectivity index is 1.43. The molecule has 0 unspecified atom stereocenters. The number of pyridine rings is 1. The Morgan fingerprint density at radius 2 is 1.84 bits per heavy atom. The van der Waals surface area contributed by atoms with Gasteiger partial charge in [0.25, 0.3) is 0 Å². The molecule has 10 nitrogen and oxygen atoms in total. The molecule has 0 radical (unpaired) electrons. The Kier molecular flexibility index (Phi) is 7.30. The van der Waals surface area contributed by atoms with Crippen LogP contribution in [0.3, 0.4) is 0 Å². The molecule has 1 aromatic carbocycles. The SMILES string of the molecule is CCOCc1nc2c(N)nc3c(c2n1CC1(C)COC(C)(C)OC1)CCN(C(=O)OCc1ccccc1)C3. The minimum atomic E-state index is -0.600. The number of anilines is 1. The van der Waals surface area contributed by atoms with Crippen LogP contribution in [0.4, 0.5) is 10.6 Å². The van der Waals surface area contributed by atoms with Gasteiger partial charge in [0.15, 0.2) is 11.6 Å². The zero-order valence-corrected chi connectivity index (χ0v) is 22.7. The zero-order valence-electron chi connectivity index (χ0n) is 22.7. The largest absolute Gasteiger partial charge is 0.445 e. The number of hydrogen-bond donors (Lipinski definition) is 1. The molecule has 3 aromatic rings. The van der Waals surface area contributed by atoms with Crippen molar-refractivity contribution in [3.05, 3.63) is 53.0 Å². The molecule has 4 heterocycles. The van der Waals surface area contributed by atoms with Gasteiger partial charge in [0.05, 0.1) is 31.0 Å². The number of carbonyl (C=O) groups is 1. The highest BCUT2D eigenvalue weighted by atomic mass is 16.7. The number of carbonyl (C=O) groups excluding carboxylic acids is 1. The van der Waals surface area contributed by atoms with Gasteiger partial charge in [-0.1, -0.05) is 37.3 Å². The molecule has 1 saturated heterocycles. The number of nitrogen functional groups attached to an aromatic ring is 1. The highest BCUT2D eigenvalue weighted by Gasteiger charge is 2.38. The van der Waals surface area contributed by atoms with Gasteiger partial charge in [0.2, 0.25) is 0 Å². The predicted octanol–water partition coefficient (Wildman–Crippen LogP) is 4.03. The number of benzene rings is 1. The van der Waals surface area contributed by atoms with E-state index in [1.807, 2.05) is 51.1 Å². The van der Waals surface area contributed by atoms with E-state index in [2.05, 4.69) is 16.5 Å². The predicted molar refractivity (Wildman–Crippen MR) is 142 cm³/mol. The van der Waals surface area contributed by atoms with Gasteiger partial charge < -0.3 is 34.1 Å². The van der Waals surface area contributed by atoms with Crippen molar-refractivity contribution in [3.8, 4) is 0 Å². The van der Waals surface area contributed by atoms with E-state index >= 15 is 0 Å². The van der Waals surface area contributed by atoms with E-state index in [0.29, 0.717) is 63.8 Å². The molecular formula is C28H37N5O5. The second-order valence-corrected chi connectivity index (χ2v) is 10.9. The summed E-state index contributed by atoms with van der Waals surface area (Å²) in [6, 6.07) is 9.65. The fraction of sp³-hybridized carbons (Fsp3) is 0.536. The smallest absolute Gasteiger partial charge is 0.410 e. The van der Waals surface area contributed by atoms with Gasteiger partial charge in [0, 0.05) is 30.7 Å². The van der Waals surface area contributed by atoms with Crippen molar-refractivity contribution in [2.24, 2.45) is 5.41 Å². The molecule has 1 fully saturated rings. The number of hydrogen-bond acceptors (Lipinski definition) is 8. The summed E-state index contributed by atoms with van der Waals surface area (Å²) in [5.74, 6) is 0.535. The van der Waals surface area contributed by atoms with Gasteiger partial charge in [-0.2, -0.15) is 0 Å². The summed E-state index contributed by atoms with van der Waals surface area (Å²) in [7, 11) is 0. The average molecular weight is 524 g/mol. The number of aromatic nitrogens is 3. The molecule has 0 saturated carbocycles. The molecule has 2 aliphatic heterocycles. The lowest BCUT2D eigenvalue weighted by atomic mass is 9.91. The van der Waals surface area contributed by atoms with E-state index in [9.17, 15) is 4.79 Å². The molecular weight excluding hydrogens is 486 g/mol. The first-order valence-electron chi connectivity index (χ1n) is 13.2. The van der Waals surface area contributed by atoms with Gasteiger partial charge in [0.1, 0.15) is 24.6 Å². The molecule has 1 amide bonds. The summed E-state index contributed by atoms with van der Waals surface area (Å²) >= 11 is 0. The van der Waals surface area contributed by atoms with Crippen LogP contribution in [-0.4, -0.2) is 57.7 Å². The van der Waals surface area contributed by atoms with Crippen molar-refractivity contribution in [3.63, 3.8) is 0 Å². The van der Waals surface area contributed by atoms with Crippen LogP contribution in [0.15, 0.2) is 30.3 Å². The Hall–Kier alpha value is -3.21. The Bertz CT molecular complexity index is 1300. The van der Waals surface area contributed by atoms with Crippen molar-refractivity contribution in [2.45, 2.75) is 66.2 Å². The quantitative estimate of drug-likeness (QED) is 0.494. The maximum absolute atomic E-state index is 12.9.